The molecule has 0 aliphatic heterocycles. The van der Waals surface area contributed by atoms with Crippen LogP contribution in [0.25, 0.3) is 0 Å². The number of anilines is 1. The molecule has 0 spiro atoms. The minimum atomic E-state index is -0.409. The van der Waals surface area contributed by atoms with Gasteiger partial charge in [-0.3, -0.25) is 9.48 Å². The lowest BCUT2D eigenvalue weighted by atomic mass is 10.3. The van der Waals surface area contributed by atoms with Gasteiger partial charge in [0.1, 0.15) is 0 Å². The van der Waals surface area contributed by atoms with Crippen molar-refractivity contribution in [2.45, 2.75) is 13.0 Å². The first-order chi connectivity index (χ1) is 9.19. The maximum Gasteiger partial charge on any atom is 0.338 e. The predicted octanol–water partition coefficient (Wildman–Crippen LogP) is 1.76. The summed E-state index contributed by atoms with van der Waals surface area (Å²) in [5.74, 6) is -0.526. The molecule has 0 bridgehead atoms. The SMILES string of the molecule is COC(=O)c1csc(NC(=O)CCn2cccn2)c1. The Balaban J connectivity index is 1.85. The normalized spacial score (nSPS) is 10.2. The number of hydrogen-bond acceptors (Lipinski definition) is 5. The number of ether oxygens (including phenoxy) is 1. The Bertz CT molecular complexity index is 563. The predicted molar refractivity (Wildman–Crippen MR) is 71.1 cm³/mol. The number of carbonyl (C=O) groups excluding carboxylic acids is 2. The molecule has 19 heavy (non-hydrogen) atoms. The van der Waals surface area contributed by atoms with Crippen LogP contribution in [0.15, 0.2) is 29.9 Å². The van der Waals surface area contributed by atoms with Crippen LogP contribution in [0.5, 0.6) is 0 Å². The second kappa shape index (κ2) is 6.14. The lowest BCUT2D eigenvalue weighted by Gasteiger charge is -2.02. The summed E-state index contributed by atoms with van der Waals surface area (Å²) < 4.78 is 6.28. The molecule has 2 rings (SSSR count). The number of esters is 1. The van der Waals surface area contributed by atoms with Gasteiger partial charge in [-0.2, -0.15) is 5.10 Å². The topological polar surface area (TPSA) is 73.2 Å². The molecule has 1 N–H and O–H groups in total. The van der Waals surface area contributed by atoms with E-state index in [0.29, 0.717) is 23.5 Å². The molecule has 7 heteroatoms. The highest BCUT2D eigenvalue weighted by Gasteiger charge is 2.10. The Morgan fingerprint density at radius 1 is 1.53 bits per heavy atom. The van der Waals surface area contributed by atoms with Crippen LogP contribution in [0.1, 0.15) is 16.8 Å². The Labute approximate surface area is 114 Å². The van der Waals surface area contributed by atoms with Crippen molar-refractivity contribution in [3.05, 3.63) is 35.5 Å². The summed E-state index contributed by atoms with van der Waals surface area (Å²) in [6.07, 6.45) is 3.79. The summed E-state index contributed by atoms with van der Waals surface area (Å²) in [5, 5.41) is 9.02. The van der Waals surface area contributed by atoms with Gasteiger partial charge in [-0.25, -0.2) is 4.79 Å². The van der Waals surface area contributed by atoms with Crippen LogP contribution >= 0.6 is 11.3 Å². The van der Waals surface area contributed by atoms with Crippen LogP contribution in [-0.2, 0) is 16.1 Å². The zero-order valence-electron chi connectivity index (χ0n) is 10.3. The summed E-state index contributed by atoms with van der Waals surface area (Å²) in [6, 6.07) is 3.40. The van der Waals surface area contributed by atoms with Crippen LogP contribution in [0.2, 0.25) is 0 Å². The summed E-state index contributed by atoms with van der Waals surface area (Å²) in [7, 11) is 1.32. The average Bonchev–Trinajstić information content (AvgIpc) is 3.06. The Morgan fingerprint density at radius 2 is 2.37 bits per heavy atom. The first-order valence-corrected chi connectivity index (χ1v) is 6.51. The van der Waals surface area contributed by atoms with Crippen molar-refractivity contribution >= 4 is 28.2 Å². The van der Waals surface area contributed by atoms with Crippen molar-refractivity contribution in [1.29, 1.82) is 0 Å². The van der Waals surface area contributed by atoms with Gasteiger partial charge in [0.2, 0.25) is 5.91 Å². The van der Waals surface area contributed by atoms with Crippen LogP contribution in [-0.4, -0.2) is 28.8 Å². The van der Waals surface area contributed by atoms with E-state index in [1.807, 2.05) is 0 Å². The maximum atomic E-state index is 11.7. The summed E-state index contributed by atoms with van der Waals surface area (Å²) in [5.41, 5.74) is 0.440. The van der Waals surface area contributed by atoms with Crippen LogP contribution in [0.3, 0.4) is 0 Å². The molecule has 2 aromatic rings. The van der Waals surface area contributed by atoms with E-state index >= 15 is 0 Å². The van der Waals surface area contributed by atoms with Crippen molar-refractivity contribution in [3.63, 3.8) is 0 Å². The van der Waals surface area contributed by atoms with E-state index in [9.17, 15) is 9.59 Å². The molecular formula is C12H13N3O3S. The number of aryl methyl sites for hydroxylation is 1. The summed E-state index contributed by atoms with van der Waals surface area (Å²) in [4.78, 5) is 22.9. The number of amides is 1. The number of aromatic nitrogens is 2. The van der Waals surface area contributed by atoms with E-state index in [-0.39, 0.29) is 5.91 Å². The summed E-state index contributed by atoms with van der Waals surface area (Å²) >= 11 is 1.29. The zero-order chi connectivity index (χ0) is 13.7. The van der Waals surface area contributed by atoms with Crippen molar-refractivity contribution in [1.82, 2.24) is 9.78 Å². The maximum absolute atomic E-state index is 11.7. The molecule has 2 aromatic heterocycles. The van der Waals surface area contributed by atoms with Gasteiger partial charge in [0.15, 0.2) is 0 Å². The fourth-order valence-corrected chi connectivity index (χ4v) is 2.26. The summed E-state index contributed by atoms with van der Waals surface area (Å²) in [6.45, 7) is 0.522. The van der Waals surface area contributed by atoms with E-state index in [2.05, 4.69) is 15.2 Å². The second-order valence-electron chi connectivity index (χ2n) is 3.76. The zero-order valence-corrected chi connectivity index (χ0v) is 11.1. The quantitative estimate of drug-likeness (QED) is 0.846. The highest BCUT2D eigenvalue weighted by atomic mass is 32.1. The van der Waals surface area contributed by atoms with Crippen molar-refractivity contribution < 1.29 is 14.3 Å². The highest BCUT2D eigenvalue weighted by molar-refractivity contribution is 7.14. The number of rotatable bonds is 5. The van der Waals surface area contributed by atoms with Gasteiger partial charge >= 0.3 is 5.97 Å². The lowest BCUT2D eigenvalue weighted by Crippen LogP contribution is -2.14. The Kier molecular flexibility index (Phi) is 4.30. The first kappa shape index (κ1) is 13.3. The highest BCUT2D eigenvalue weighted by Crippen LogP contribution is 2.21. The fourth-order valence-electron chi connectivity index (χ4n) is 1.48. The Morgan fingerprint density at radius 3 is 3.05 bits per heavy atom. The van der Waals surface area contributed by atoms with Gasteiger partial charge in [-0.1, -0.05) is 0 Å². The van der Waals surface area contributed by atoms with E-state index in [0.717, 1.165) is 0 Å². The van der Waals surface area contributed by atoms with E-state index < -0.39 is 5.97 Å². The van der Waals surface area contributed by atoms with Crippen molar-refractivity contribution in [2.75, 3.05) is 12.4 Å². The smallest absolute Gasteiger partial charge is 0.338 e. The molecule has 0 saturated heterocycles. The molecule has 0 aliphatic rings. The third kappa shape index (κ3) is 3.65. The molecule has 0 fully saturated rings. The minimum absolute atomic E-state index is 0.117. The minimum Gasteiger partial charge on any atom is -0.465 e. The van der Waals surface area contributed by atoms with Gasteiger partial charge in [-0.15, -0.1) is 11.3 Å². The monoisotopic (exact) mass is 279 g/mol. The molecule has 0 aliphatic carbocycles. The van der Waals surface area contributed by atoms with Crippen LogP contribution < -0.4 is 5.32 Å². The molecule has 1 amide bonds. The standard InChI is InChI=1S/C12H13N3O3S/c1-18-12(17)9-7-11(19-8-9)14-10(16)3-6-15-5-2-4-13-15/h2,4-5,7-8H,3,6H2,1H3,(H,14,16). The number of nitrogens with one attached hydrogen (secondary N) is 1. The Hall–Kier alpha value is -2.15. The molecule has 2 heterocycles. The largest absolute Gasteiger partial charge is 0.465 e. The third-order valence-electron chi connectivity index (χ3n) is 2.41. The molecule has 0 aromatic carbocycles. The lowest BCUT2D eigenvalue weighted by molar-refractivity contribution is -0.116. The van der Waals surface area contributed by atoms with Gasteiger partial charge in [0.05, 0.1) is 17.7 Å². The number of methoxy groups -OCH3 is 1. The molecule has 0 saturated carbocycles. The van der Waals surface area contributed by atoms with Gasteiger partial charge in [0.25, 0.3) is 0 Å². The van der Waals surface area contributed by atoms with E-state index in [4.69, 9.17) is 0 Å². The van der Waals surface area contributed by atoms with Crippen molar-refractivity contribution in [2.24, 2.45) is 0 Å². The number of carbonyl (C=O) groups is 2. The second-order valence-corrected chi connectivity index (χ2v) is 4.67. The van der Waals surface area contributed by atoms with Crippen LogP contribution in [0, 0.1) is 0 Å². The van der Waals surface area contributed by atoms with Crippen molar-refractivity contribution in [3.8, 4) is 0 Å². The molecule has 0 atom stereocenters. The molecular weight excluding hydrogens is 266 g/mol. The first-order valence-electron chi connectivity index (χ1n) is 5.63. The molecule has 0 unspecified atom stereocenters. The van der Waals surface area contributed by atoms with Gasteiger partial charge in [-0.05, 0) is 12.1 Å². The van der Waals surface area contributed by atoms with E-state index in [1.165, 1.54) is 18.4 Å². The van der Waals surface area contributed by atoms with Crippen LogP contribution in [0.4, 0.5) is 5.00 Å². The molecule has 100 valence electrons. The average molecular weight is 279 g/mol. The fraction of sp³-hybridized carbons (Fsp3) is 0.250. The number of thiophene rings is 1. The number of hydrogen-bond donors (Lipinski definition) is 1. The van der Waals surface area contributed by atoms with Gasteiger partial charge < -0.3 is 10.1 Å². The molecule has 0 radical (unpaired) electrons. The molecule has 6 nitrogen and oxygen atoms in total. The van der Waals surface area contributed by atoms with E-state index in [1.54, 1.807) is 34.6 Å². The number of nitrogens with zero attached hydrogens (tertiary/aromatic N) is 2. The van der Waals surface area contributed by atoms with Gasteiger partial charge in [0, 0.05) is 30.7 Å². The third-order valence-corrected chi connectivity index (χ3v) is 3.26.